The van der Waals surface area contributed by atoms with E-state index in [0.717, 1.165) is 0 Å². The van der Waals surface area contributed by atoms with E-state index >= 15 is 4.39 Å². The zero-order valence-corrected chi connectivity index (χ0v) is 14.3. The molecule has 132 valence electrons. The molecule has 0 atom stereocenters. The van der Waals surface area contributed by atoms with Gasteiger partial charge in [0.05, 0.1) is 11.3 Å². The summed E-state index contributed by atoms with van der Waals surface area (Å²) in [4.78, 5) is 16.2. The Balaban J connectivity index is 2.41. The highest BCUT2D eigenvalue weighted by molar-refractivity contribution is 5.98. The number of aromatic nitrogens is 1. The topological polar surface area (TPSA) is 50.2 Å². The van der Waals surface area contributed by atoms with Crippen molar-refractivity contribution in [3.63, 3.8) is 0 Å². The Labute approximate surface area is 150 Å². The number of carbonyl (C=O) groups is 1. The number of halogens is 2. The van der Waals surface area contributed by atoms with Crippen molar-refractivity contribution in [2.45, 2.75) is 19.8 Å². The molecule has 0 fully saturated rings. The third kappa shape index (κ3) is 3.20. The fourth-order valence-electron chi connectivity index (χ4n) is 2.89. The molecular formula is C21H17F2NO2. The van der Waals surface area contributed by atoms with Crippen LogP contribution >= 0.6 is 0 Å². The number of pyridine rings is 1. The highest BCUT2D eigenvalue weighted by atomic mass is 19.1. The van der Waals surface area contributed by atoms with Gasteiger partial charge in [-0.3, -0.25) is 0 Å². The van der Waals surface area contributed by atoms with Crippen LogP contribution in [-0.2, 0) is 0 Å². The van der Waals surface area contributed by atoms with E-state index in [9.17, 15) is 14.3 Å². The predicted octanol–water partition coefficient (Wildman–Crippen LogP) is 5.52. The molecule has 0 unspecified atom stereocenters. The normalized spacial score (nSPS) is 11.0. The summed E-state index contributed by atoms with van der Waals surface area (Å²) in [5.74, 6) is -2.71. The van der Waals surface area contributed by atoms with E-state index in [-0.39, 0.29) is 28.4 Å². The Hall–Kier alpha value is -3.08. The van der Waals surface area contributed by atoms with Crippen LogP contribution in [0.25, 0.3) is 22.4 Å². The van der Waals surface area contributed by atoms with E-state index in [2.05, 4.69) is 4.98 Å². The molecule has 1 N–H and O–H groups in total. The number of nitrogens with zero attached hydrogens (tertiary/aromatic N) is 1. The molecule has 1 aromatic heterocycles. The van der Waals surface area contributed by atoms with Gasteiger partial charge in [-0.25, -0.2) is 18.6 Å². The zero-order valence-electron chi connectivity index (χ0n) is 14.3. The summed E-state index contributed by atoms with van der Waals surface area (Å²) in [5.41, 5.74) is 0.949. The predicted molar refractivity (Wildman–Crippen MR) is 96.1 cm³/mol. The van der Waals surface area contributed by atoms with Crippen LogP contribution in [0.5, 0.6) is 0 Å². The monoisotopic (exact) mass is 353 g/mol. The molecule has 26 heavy (non-hydrogen) atoms. The van der Waals surface area contributed by atoms with Gasteiger partial charge >= 0.3 is 5.97 Å². The van der Waals surface area contributed by atoms with Crippen LogP contribution < -0.4 is 0 Å². The molecule has 0 amide bonds. The third-order valence-corrected chi connectivity index (χ3v) is 4.11. The molecule has 0 radical (unpaired) electrons. The molecule has 0 bridgehead atoms. The first-order valence-corrected chi connectivity index (χ1v) is 8.18. The molecule has 0 saturated carbocycles. The first-order valence-electron chi connectivity index (χ1n) is 8.18. The van der Waals surface area contributed by atoms with Gasteiger partial charge < -0.3 is 5.11 Å². The lowest BCUT2D eigenvalue weighted by molar-refractivity contribution is 0.0695. The zero-order chi connectivity index (χ0) is 18.8. The van der Waals surface area contributed by atoms with E-state index in [1.807, 2.05) is 0 Å². The second kappa shape index (κ2) is 7.04. The second-order valence-corrected chi connectivity index (χ2v) is 6.24. The van der Waals surface area contributed by atoms with Gasteiger partial charge in [0.15, 0.2) is 5.82 Å². The van der Waals surface area contributed by atoms with Crippen molar-refractivity contribution in [3.05, 3.63) is 77.5 Å². The minimum absolute atomic E-state index is 0.0740. The second-order valence-electron chi connectivity index (χ2n) is 6.24. The van der Waals surface area contributed by atoms with Crippen LogP contribution in [0.4, 0.5) is 8.78 Å². The molecule has 0 spiro atoms. The highest BCUT2D eigenvalue weighted by Gasteiger charge is 2.27. The van der Waals surface area contributed by atoms with E-state index in [4.69, 9.17) is 0 Å². The van der Waals surface area contributed by atoms with Gasteiger partial charge in [-0.1, -0.05) is 56.3 Å². The summed E-state index contributed by atoms with van der Waals surface area (Å²) in [6, 6.07) is 13.8. The molecule has 3 nitrogen and oxygen atoms in total. The van der Waals surface area contributed by atoms with Crippen molar-refractivity contribution in [3.8, 4) is 22.4 Å². The van der Waals surface area contributed by atoms with Crippen molar-refractivity contribution in [2.75, 3.05) is 0 Å². The molecule has 3 rings (SSSR count). The summed E-state index contributed by atoms with van der Waals surface area (Å²) in [6.45, 7) is 3.60. The van der Waals surface area contributed by atoms with E-state index in [1.54, 1.807) is 44.2 Å². The van der Waals surface area contributed by atoms with Crippen LogP contribution in [0.2, 0.25) is 0 Å². The Morgan fingerprint density at radius 3 is 2.12 bits per heavy atom. The van der Waals surface area contributed by atoms with Crippen LogP contribution in [0, 0.1) is 11.6 Å². The summed E-state index contributed by atoms with van der Waals surface area (Å²) < 4.78 is 28.7. The summed E-state index contributed by atoms with van der Waals surface area (Å²) in [5, 5.41) is 9.72. The Kier molecular flexibility index (Phi) is 4.80. The third-order valence-electron chi connectivity index (χ3n) is 4.11. The first-order chi connectivity index (χ1) is 12.4. The average molecular weight is 353 g/mol. The lowest BCUT2D eigenvalue weighted by Gasteiger charge is -2.18. The Bertz CT molecular complexity index is 952. The number of carboxylic acids is 1. The van der Waals surface area contributed by atoms with Crippen molar-refractivity contribution in [2.24, 2.45) is 0 Å². The lowest BCUT2D eigenvalue weighted by atomic mass is 9.92. The number of carboxylic acid groups (broad SMARTS) is 1. The van der Waals surface area contributed by atoms with Crippen molar-refractivity contribution in [1.29, 1.82) is 0 Å². The molecular weight excluding hydrogens is 336 g/mol. The SMILES string of the molecule is CC(C)c1nc(-c2ccccc2)c(F)c(-c2ccc(F)cc2)c1C(=O)O. The fourth-order valence-corrected chi connectivity index (χ4v) is 2.89. The molecule has 0 aliphatic rings. The Morgan fingerprint density at radius 2 is 1.58 bits per heavy atom. The van der Waals surface area contributed by atoms with Gasteiger partial charge in [0.2, 0.25) is 0 Å². The molecule has 0 aliphatic heterocycles. The number of aromatic carboxylic acids is 1. The first kappa shape index (κ1) is 17.7. The van der Waals surface area contributed by atoms with E-state index < -0.39 is 17.6 Å². The summed E-state index contributed by atoms with van der Waals surface area (Å²) in [7, 11) is 0. The maximum Gasteiger partial charge on any atom is 0.338 e. The molecule has 0 aliphatic carbocycles. The van der Waals surface area contributed by atoms with Gasteiger partial charge in [0.1, 0.15) is 11.5 Å². The number of benzene rings is 2. The van der Waals surface area contributed by atoms with Crippen molar-refractivity contribution in [1.82, 2.24) is 4.98 Å². The van der Waals surface area contributed by atoms with Gasteiger partial charge in [-0.05, 0) is 23.6 Å². The van der Waals surface area contributed by atoms with Crippen LogP contribution in [0.3, 0.4) is 0 Å². The molecule has 3 aromatic rings. The van der Waals surface area contributed by atoms with Crippen LogP contribution in [0.15, 0.2) is 54.6 Å². The molecule has 2 aromatic carbocycles. The standard InChI is InChI=1S/C21H17F2NO2/c1-12(2)19-17(21(25)26)16(13-8-10-15(22)11-9-13)18(23)20(24-19)14-6-4-3-5-7-14/h3-12H,1-2H3,(H,25,26). The summed E-state index contributed by atoms with van der Waals surface area (Å²) >= 11 is 0. The van der Waals surface area contributed by atoms with Gasteiger partial charge in [0, 0.05) is 11.1 Å². The fraction of sp³-hybridized carbons (Fsp3) is 0.143. The van der Waals surface area contributed by atoms with Gasteiger partial charge in [0.25, 0.3) is 0 Å². The molecule has 5 heteroatoms. The largest absolute Gasteiger partial charge is 0.478 e. The number of hydrogen-bond acceptors (Lipinski definition) is 2. The highest BCUT2D eigenvalue weighted by Crippen LogP contribution is 2.36. The number of rotatable bonds is 4. The van der Waals surface area contributed by atoms with Crippen molar-refractivity contribution < 1.29 is 18.7 Å². The van der Waals surface area contributed by atoms with E-state index in [0.29, 0.717) is 11.1 Å². The van der Waals surface area contributed by atoms with Gasteiger partial charge in [-0.15, -0.1) is 0 Å². The molecule has 0 saturated heterocycles. The minimum Gasteiger partial charge on any atom is -0.478 e. The van der Waals surface area contributed by atoms with Crippen molar-refractivity contribution >= 4 is 5.97 Å². The minimum atomic E-state index is -1.26. The van der Waals surface area contributed by atoms with Gasteiger partial charge in [-0.2, -0.15) is 0 Å². The molecule has 1 heterocycles. The quantitative estimate of drug-likeness (QED) is 0.672. The average Bonchev–Trinajstić information content (AvgIpc) is 2.62. The maximum absolute atomic E-state index is 15.4. The lowest BCUT2D eigenvalue weighted by Crippen LogP contribution is -2.12. The maximum atomic E-state index is 15.4. The van der Waals surface area contributed by atoms with E-state index in [1.165, 1.54) is 24.3 Å². The smallest absolute Gasteiger partial charge is 0.338 e. The summed E-state index contributed by atoms with van der Waals surface area (Å²) in [6.07, 6.45) is 0. The Morgan fingerprint density at radius 1 is 0.962 bits per heavy atom. The number of hydrogen-bond donors (Lipinski definition) is 1. The van der Waals surface area contributed by atoms with Crippen LogP contribution in [-0.4, -0.2) is 16.1 Å². The van der Waals surface area contributed by atoms with Crippen LogP contribution in [0.1, 0.15) is 35.8 Å².